The monoisotopic (exact) mass is 377 g/mol. The fourth-order valence-corrected chi connectivity index (χ4v) is 3.65. The molecule has 0 bridgehead atoms. The first-order valence-electron chi connectivity index (χ1n) is 8.69. The van der Waals surface area contributed by atoms with E-state index in [1.165, 1.54) is 11.1 Å². The lowest BCUT2D eigenvalue weighted by Crippen LogP contribution is -2.17. The summed E-state index contributed by atoms with van der Waals surface area (Å²) in [5.41, 5.74) is 3.30. The second-order valence-electron chi connectivity index (χ2n) is 6.24. The van der Waals surface area contributed by atoms with E-state index in [1.807, 2.05) is 37.4 Å². The SMILES string of the molecule is Cc1ccccc1-c1ncc(CN[C@H](C)c2nc(-c3ccncc3)no2)s1. The van der Waals surface area contributed by atoms with Crippen LogP contribution in [0.25, 0.3) is 22.0 Å². The fourth-order valence-electron chi connectivity index (χ4n) is 2.70. The van der Waals surface area contributed by atoms with Crippen molar-refractivity contribution in [3.63, 3.8) is 0 Å². The van der Waals surface area contributed by atoms with Crippen molar-refractivity contribution in [1.82, 2.24) is 25.4 Å². The van der Waals surface area contributed by atoms with Gasteiger partial charge in [0.25, 0.3) is 0 Å². The molecule has 0 radical (unpaired) electrons. The molecule has 3 aromatic heterocycles. The Kier molecular flexibility index (Phi) is 5.04. The summed E-state index contributed by atoms with van der Waals surface area (Å²) in [6.45, 7) is 4.80. The molecule has 3 heterocycles. The molecule has 0 spiro atoms. The van der Waals surface area contributed by atoms with Gasteiger partial charge in [-0.2, -0.15) is 4.98 Å². The average Bonchev–Trinajstić information content (AvgIpc) is 3.37. The van der Waals surface area contributed by atoms with E-state index in [2.05, 4.69) is 44.5 Å². The van der Waals surface area contributed by atoms with Crippen LogP contribution in [0.1, 0.15) is 29.3 Å². The molecule has 0 aliphatic carbocycles. The van der Waals surface area contributed by atoms with Gasteiger partial charge >= 0.3 is 0 Å². The molecule has 0 aliphatic heterocycles. The van der Waals surface area contributed by atoms with E-state index >= 15 is 0 Å². The van der Waals surface area contributed by atoms with Gasteiger partial charge in [-0.25, -0.2) is 4.98 Å². The molecule has 0 unspecified atom stereocenters. The molecule has 0 saturated heterocycles. The van der Waals surface area contributed by atoms with Gasteiger partial charge in [-0.1, -0.05) is 29.4 Å². The maximum Gasteiger partial charge on any atom is 0.243 e. The van der Waals surface area contributed by atoms with Gasteiger partial charge in [-0.05, 0) is 31.5 Å². The highest BCUT2D eigenvalue weighted by atomic mass is 32.1. The number of pyridine rings is 1. The summed E-state index contributed by atoms with van der Waals surface area (Å²) >= 11 is 1.69. The van der Waals surface area contributed by atoms with Crippen LogP contribution in [0.2, 0.25) is 0 Å². The number of benzene rings is 1. The molecule has 0 fully saturated rings. The van der Waals surface area contributed by atoms with Crippen LogP contribution in [-0.4, -0.2) is 20.1 Å². The highest BCUT2D eigenvalue weighted by Gasteiger charge is 2.15. The van der Waals surface area contributed by atoms with Crippen LogP contribution in [-0.2, 0) is 6.54 Å². The molecule has 1 aromatic carbocycles. The summed E-state index contributed by atoms with van der Waals surface area (Å²) in [6.07, 6.45) is 5.34. The Morgan fingerprint density at radius 3 is 2.78 bits per heavy atom. The number of hydrogen-bond acceptors (Lipinski definition) is 7. The number of thiazole rings is 1. The van der Waals surface area contributed by atoms with Crippen LogP contribution in [0, 0.1) is 6.92 Å². The fraction of sp³-hybridized carbons (Fsp3) is 0.200. The summed E-state index contributed by atoms with van der Waals surface area (Å²) in [5, 5.41) is 8.51. The Bertz CT molecular complexity index is 1030. The van der Waals surface area contributed by atoms with Gasteiger partial charge in [0.15, 0.2) is 0 Å². The van der Waals surface area contributed by atoms with Crippen molar-refractivity contribution < 1.29 is 4.52 Å². The standard InChI is InChI=1S/C20H19N5OS/c1-13-5-3-4-6-17(13)20-23-12-16(27-20)11-22-14(2)19-24-18(25-26-19)15-7-9-21-10-8-15/h3-10,12,14,22H,11H2,1-2H3/t14-/m1/s1. The third-order valence-corrected chi connectivity index (χ3v) is 5.29. The predicted molar refractivity (Wildman–Crippen MR) is 105 cm³/mol. The summed E-state index contributed by atoms with van der Waals surface area (Å²) in [7, 11) is 0. The lowest BCUT2D eigenvalue weighted by Gasteiger charge is -2.07. The normalized spacial score (nSPS) is 12.2. The average molecular weight is 377 g/mol. The minimum atomic E-state index is -0.0582. The van der Waals surface area contributed by atoms with E-state index in [9.17, 15) is 0 Å². The van der Waals surface area contributed by atoms with Crippen molar-refractivity contribution >= 4 is 11.3 Å². The van der Waals surface area contributed by atoms with E-state index in [0.29, 0.717) is 18.3 Å². The van der Waals surface area contributed by atoms with Gasteiger partial charge in [-0.15, -0.1) is 11.3 Å². The molecule has 27 heavy (non-hydrogen) atoms. The van der Waals surface area contributed by atoms with Gasteiger partial charge in [0, 0.05) is 41.1 Å². The Morgan fingerprint density at radius 2 is 1.96 bits per heavy atom. The summed E-state index contributed by atoms with van der Waals surface area (Å²) in [5.74, 6) is 1.13. The van der Waals surface area contributed by atoms with Crippen LogP contribution in [0.3, 0.4) is 0 Å². The predicted octanol–water partition coefficient (Wildman–Crippen LogP) is 4.41. The molecular weight excluding hydrogens is 358 g/mol. The number of nitrogens with one attached hydrogen (secondary N) is 1. The van der Waals surface area contributed by atoms with Crippen molar-refractivity contribution in [3.05, 3.63) is 71.3 Å². The molecule has 136 valence electrons. The Morgan fingerprint density at radius 1 is 1.15 bits per heavy atom. The highest BCUT2D eigenvalue weighted by molar-refractivity contribution is 7.15. The third-order valence-electron chi connectivity index (χ3n) is 4.26. The zero-order valence-corrected chi connectivity index (χ0v) is 15.9. The Hall–Kier alpha value is -2.90. The maximum absolute atomic E-state index is 5.40. The highest BCUT2D eigenvalue weighted by Crippen LogP contribution is 2.28. The van der Waals surface area contributed by atoms with Gasteiger partial charge in [0.1, 0.15) is 5.01 Å². The molecule has 4 rings (SSSR count). The van der Waals surface area contributed by atoms with Crippen molar-refractivity contribution in [2.45, 2.75) is 26.4 Å². The molecule has 0 aliphatic rings. The van der Waals surface area contributed by atoms with Crippen LogP contribution < -0.4 is 5.32 Å². The summed E-state index contributed by atoms with van der Waals surface area (Å²) in [4.78, 5) is 14.2. The first-order chi connectivity index (χ1) is 13.2. The second kappa shape index (κ2) is 7.77. The van der Waals surface area contributed by atoms with E-state index in [-0.39, 0.29) is 6.04 Å². The lowest BCUT2D eigenvalue weighted by atomic mass is 10.1. The van der Waals surface area contributed by atoms with E-state index in [4.69, 9.17) is 4.52 Å². The van der Waals surface area contributed by atoms with Crippen molar-refractivity contribution in [2.75, 3.05) is 0 Å². The molecular formula is C20H19N5OS. The molecule has 4 aromatic rings. The van der Waals surface area contributed by atoms with Crippen LogP contribution in [0.5, 0.6) is 0 Å². The molecule has 7 heteroatoms. The smallest absolute Gasteiger partial charge is 0.243 e. The van der Waals surface area contributed by atoms with Crippen molar-refractivity contribution in [1.29, 1.82) is 0 Å². The zero-order valence-electron chi connectivity index (χ0n) is 15.1. The largest absolute Gasteiger partial charge is 0.337 e. The van der Waals surface area contributed by atoms with Crippen LogP contribution in [0.15, 0.2) is 59.5 Å². The maximum atomic E-state index is 5.40. The second-order valence-corrected chi connectivity index (χ2v) is 7.36. The number of aromatic nitrogens is 4. The van der Waals surface area contributed by atoms with E-state index < -0.39 is 0 Å². The molecule has 0 saturated carbocycles. The van der Waals surface area contributed by atoms with Gasteiger partial charge < -0.3 is 9.84 Å². The topological polar surface area (TPSA) is 76.7 Å². The van der Waals surface area contributed by atoms with Gasteiger partial charge in [0.05, 0.1) is 6.04 Å². The third kappa shape index (κ3) is 3.94. The summed E-state index contributed by atoms with van der Waals surface area (Å²) in [6, 6.07) is 12.0. The number of aryl methyl sites for hydroxylation is 1. The number of hydrogen-bond donors (Lipinski definition) is 1. The van der Waals surface area contributed by atoms with E-state index in [0.717, 1.165) is 15.4 Å². The molecule has 1 N–H and O–H groups in total. The minimum Gasteiger partial charge on any atom is -0.337 e. The van der Waals surface area contributed by atoms with Crippen molar-refractivity contribution in [3.8, 4) is 22.0 Å². The lowest BCUT2D eigenvalue weighted by molar-refractivity contribution is 0.339. The van der Waals surface area contributed by atoms with Crippen LogP contribution >= 0.6 is 11.3 Å². The quantitative estimate of drug-likeness (QED) is 0.536. The van der Waals surface area contributed by atoms with Gasteiger partial charge in [-0.3, -0.25) is 4.98 Å². The zero-order chi connectivity index (χ0) is 18.6. The van der Waals surface area contributed by atoms with Gasteiger partial charge in [0.2, 0.25) is 11.7 Å². The first-order valence-corrected chi connectivity index (χ1v) is 9.50. The molecule has 0 amide bonds. The minimum absolute atomic E-state index is 0.0582. The Balaban J connectivity index is 1.41. The number of nitrogens with zero attached hydrogens (tertiary/aromatic N) is 4. The first kappa shape index (κ1) is 17.5. The van der Waals surface area contributed by atoms with Crippen molar-refractivity contribution in [2.24, 2.45) is 0 Å². The Labute approximate surface area is 161 Å². The van der Waals surface area contributed by atoms with Crippen LogP contribution in [0.4, 0.5) is 0 Å². The number of rotatable bonds is 6. The van der Waals surface area contributed by atoms with E-state index in [1.54, 1.807) is 23.7 Å². The summed E-state index contributed by atoms with van der Waals surface area (Å²) < 4.78 is 5.40. The molecule has 1 atom stereocenters. The molecule has 6 nitrogen and oxygen atoms in total.